The lowest BCUT2D eigenvalue weighted by molar-refractivity contribution is 0.176. The Morgan fingerprint density at radius 3 is 2.50 bits per heavy atom. The van der Waals surface area contributed by atoms with E-state index in [2.05, 4.69) is 21.6 Å². The van der Waals surface area contributed by atoms with Crippen LogP contribution in [0.15, 0.2) is 24.3 Å². The van der Waals surface area contributed by atoms with E-state index in [0.29, 0.717) is 5.92 Å². The molecule has 5 nitrogen and oxygen atoms in total. The highest BCUT2D eigenvalue weighted by molar-refractivity contribution is 5.93. The molecule has 0 atom stereocenters. The molecule has 0 unspecified atom stereocenters. The van der Waals surface area contributed by atoms with Crippen LogP contribution in [-0.4, -0.2) is 36.9 Å². The molecule has 0 aromatic heterocycles. The molecule has 1 aliphatic heterocycles. The lowest BCUT2D eigenvalue weighted by Crippen LogP contribution is -2.40. The zero-order valence-corrected chi connectivity index (χ0v) is 14.3. The van der Waals surface area contributed by atoms with Crippen molar-refractivity contribution >= 4 is 17.4 Å². The minimum atomic E-state index is -0.119. The maximum Gasteiger partial charge on any atom is 0.319 e. The summed E-state index contributed by atoms with van der Waals surface area (Å²) in [5.74, 6) is 0.408. The molecule has 0 spiro atoms. The van der Waals surface area contributed by atoms with Gasteiger partial charge >= 0.3 is 6.03 Å². The number of carbonyl (C=O) groups is 1. The number of hydrogen-bond acceptors (Lipinski definition) is 3. The van der Waals surface area contributed by atoms with E-state index in [1.807, 2.05) is 18.2 Å². The molecule has 2 fully saturated rings. The van der Waals surface area contributed by atoms with Crippen LogP contribution in [0, 0.1) is 5.92 Å². The summed E-state index contributed by atoms with van der Waals surface area (Å²) in [5.41, 5.74) is 2.01. The van der Waals surface area contributed by atoms with Crippen molar-refractivity contribution in [2.75, 3.05) is 29.9 Å². The number of aliphatic hydroxyl groups excluding tert-OH is 1. The molecule has 1 aromatic carbocycles. The number of amides is 2. The lowest BCUT2D eigenvalue weighted by Gasteiger charge is -2.31. The Bertz CT molecular complexity index is 535. The summed E-state index contributed by atoms with van der Waals surface area (Å²) in [5, 5.41) is 15.3. The second kappa shape index (κ2) is 8.38. The molecule has 3 N–H and O–H groups in total. The summed E-state index contributed by atoms with van der Waals surface area (Å²) in [6.45, 7) is 2.39. The number of nitrogens with zero attached hydrogens (tertiary/aromatic N) is 1. The summed E-state index contributed by atoms with van der Waals surface area (Å²) in [4.78, 5) is 14.7. The van der Waals surface area contributed by atoms with Gasteiger partial charge in [-0.15, -0.1) is 0 Å². The van der Waals surface area contributed by atoms with E-state index in [0.717, 1.165) is 50.1 Å². The number of benzene rings is 1. The van der Waals surface area contributed by atoms with Crippen LogP contribution in [0.3, 0.4) is 0 Å². The highest BCUT2D eigenvalue weighted by atomic mass is 16.3. The molecular weight excluding hydrogens is 302 g/mol. The molecule has 1 saturated heterocycles. The Balaban J connectivity index is 1.56. The van der Waals surface area contributed by atoms with Crippen LogP contribution in [0.25, 0.3) is 0 Å². The zero-order valence-electron chi connectivity index (χ0n) is 14.3. The number of anilines is 2. The molecule has 5 heteroatoms. The van der Waals surface area contributed by atoms with Gasteiger partial charge in [-0.1, -0.05) is 12.1 Å². The largest absolute Gasteiger partial charge is 0.396 e. The van der Waals surface area contributed by atoms with Gasteiger partial charge in [0.05, 0.1) is 11.4 Å². The predicted octanol–water partition coefficient (Wildman–Crippen LogP) is 3.35. The molecule has 132 valence electrons. The molecule has 1 aromatic rings. The summed E-state index contributed by atoms with van der Waals surface area (Å²) in [6.07, 6.45) is 7.61. The third-order valence-electron chi connectivity index (χ3n) is 5.29. The third kappa shape index (κ3) is 4.41. The topological polar surface area (TPSA) is 64.6 Å². The fourth-order valence-electron chi connectivity index (χ4n) is 3.82. The van der Waals surface area contributed by atoms with Crippen molar-refractivity contribution in [3.8, 4) is 0 Å². The standard InChI is InChI=1S/C19H29N3O2/c23-14-15-8-10-16(11-9-15)20-19(24)21-17-6-2-3-7-18(17)22-12-4-1-5-13-22/h2-3,6-7,15-16,23H,1,4-5,8-14H2,(H2,20,21,24). The minimum Gasteiger partial charge on any atom is -0.396 e. The highest BCUT2D eigenvalue weighted by Crippen LogP contribution is 2.28. The Labute approximate surface area is 144 Å². The maximum absolute atomic E-state index is 12.4. The molecule has 0 bridgehead atoms. The van der Waals surface area contributed by atoms with Gasteiger partial charge in [-0.25, -0.2) is 4.79 Å². The fraction of sp³-hybridized carbons (Fsp3) is 0.632. The molecule has 1 heterocycles. The first kappa shape index (κ1) is 17.1. The Hall–Kier alpha value is -1.75. The molecule has 1 saturated carbocycles. The van der Waals surface area contributed by atoms with Gasteiger partial charge in [-0.3, -0.25) is 0 Å². The number of hydrogen-bond donors (Lipinski definition) is 3. The quantitative estimate of drug-likeness (QED) is 0.793. The van der Waals surface area contributed by atoms with Crippen LogP contribution in [0.1, 0.15) is 44.9 Å². The van der Waals surface area contributed by atoms with Gasteiger partial charge in [0.25, 0.3) is 0 Å². The van der Waals surface area contributed by atoms with Crippen molar-refractivity contribution in [1.29, 1.82) is 0 Å². The summed E-state index contributed by atoms with van der Waals surface area (Å²) in [6, 6.07) is 8.17. The van der Waals surface area contributed by atoms with Crippen molar-refractivity contribution in [2.45, 2.75) is 51.0 Å². The molecule has 0 radical (unpaired) electrons. The summed E-state index contributed by atoms with van der Waals surface area (Å²) in [7, 11) is 0. The SMILES string of the molecule is O=C(Nc1ccccc1N1CCCCC1)NC1CCC(CO)CC1. The van der Waals surface area contributed by atoms with E-state index < -0.39 is 0 Å². The Kier molecular flexibility index (Phi) is 5.96. The zero-order chi connectivity index (χ0) is 16.8. The van der Waals surface area contributed by atoms with E-state index in [1.54, 1.807) is 0 Å². The highest BCUT2D eigenvalue weighted by Gasteiger charge is 2.22. The third-order valence-corrected chi connectivity index (χ3v) is 5.29. The average Bonchev–Trinajstić information content (AvgIpc) is 2.63. The maximum atomic E-state index is 12.4. The number of urea groups is 1. The first-order valence-electron chi connectivity index (χ1n) is 9.28. The Morgan fingerprint density at radius 2 is 1.79 bits per heavy atom. The van der Waals surface area contributed by atoms with E-state index in [4.69, 9.17) is 0 Å². The van der Waals surface area contributed by atoms with Gasteiger partial charge in [0, 0.05) is 25.7 Å². The minimum absolute atomic E-state index is 0.119. The summed E-state index contributed by atoms with van der Waals surface area (Å²) < 4.78 is 0. The monoisotopic (exact) mass is 331 g/mol. The molecule has 2 aliphatic rings. The van der Waals surface area contributed by atoms with E-state index in [9.17, 15) is 9.90 Å². The first-order chi connectivity index (χ1) is 11.8. The fourth-order valence-corrected chi connectivity index (χ4v) is 3.82. The van der Waals surface area contributed by atoms with Crippen LogP contribution in [0.4, 0.5) is 16.2 Å². The van der Waals surface area contributed by atoms with Crippen molar-refractivity contribution in [2.24, 2.45) is 5.92 Å². The molecule has 24 heavy (non-hydrogen) atoms. The van der Waals surface area contributed by atoms with E-state index >= 15 is 0 Å². The smallest absolute Gasteiger partial charge is 0.319 e. The van der Waals surface area contributed by atoms with Crippen LogP contribution in [-0.2, 0) is 0 Å². The molecule has 3 rings (SSSR count). The Morgan fingerprint density at radius 1 is 1.08 bits per heavy atom. The van der Waals surface area contributed by atoms with E-state index in [1.165, 1.54) is 19.3 Å². The van der Waals surface area contributed by atoms with Crippen molar-refractivity contribution in [1.82, 2.24) is 5.32 Å². The molecule has 1 aliphatic carbocycles. The number of piperidine rings is 1. The first-order valence-corrected chi connectivity index (χ1v) is 9.28. The van der Waals surface area contributed by atoms with Crippen LogP contribution < -0.4 is 15.5 Å². The van der Waals surface area contributed by atoms with Crippen molar-refractivity contribution in [3.05, 3.63) is 24.3 Å². The van der Waals surface area contributed by atoms with Gasteiger partial charge in [0.1, 0.15) is 0 Å². The van der Waals surface area contributed by atoms with Crippen molar-refractivity contribution < 1.29 is 9.90 Å². The van der Waals surface area contributed by atoms with E-state index in [-0.39, 0.29) is 18.7 Å². The molecular formula is C19H29N3O2. The van der Waals surface area contributed by atoms with Gasteiger partial charge in [0.2, 0.25) is 0 Å². The normalized spacial score (nSPS) is 24.5. The number of aliphatic hydroxyl groups is 1. The number of nitrogens with one attached hydrogen (secondary N) is 2. The van der Waals surface area contributed by atoms with Crippen LogP contribution in [0.5, 0.6) is 0 Å². The summed E-state index contributed by atoms with van der Waals surface area (Å²) >= 11 is 0. The van der Waals surface area contributed by atoms with Gasteiger partial charge in [0.15, 0.2) is 0 Å². The molecule has 2 amide bonds. The second-order valence-corrected chi connectivity index (χ2v) is 7.06. The van der Waals surface area contributed by atoms with Gasteiger partial charge < -0.3 is 20.6 Å². The van der Waals surface area contributed by atoms with Crippen molar-refractivity contribution in [3.63, 3.8) is 0 Å². The lowest BCUT2D eigenvalue weighted by atomic mass is 9.87. The van der Waals surface area contributed by atoms with Gasteiger partial charge in [-0.2, -0.15) is 0 Å². The number of rotatable bonds is 4. The average molecular weight is 331 g/mol. The van der Waals surface area contributed by atoms with Crippen LogP contribution in [0.2, 0.25) is 0 Å². The second-order valence-electron chi connectivity index (χ2n) is 7.06. The van der Waals surface area contributed by atoms with Crippen LogP contribution >= 0.6 is 0 Å². The number of para-hydroxylation sites is 2. The predicted molar refractivity (Wildman–Crippen MR) is 97.5 cm³/mol. The van der Waals surface area contributed by atoms with Gasteiger partial charge in [-0.05, 0) is 63.0 Å². The number of carbonyl (C=O) groups excluding carboxylic acids is 1.